The SMILES string of the molecule is Cc1cc(Nc2nc(NC3C[C@H]4CC[C@@H](C3)N4CCC#N)cs2)n[nH]1. The molecule has 0 amide bonds. The highest BCUT2D eigenvalue weighted by Gasteiger charge is 2.40. The molecule has 8 heteroatoms. The summed E-state index contributed by atoms with van der Waals surface area (Å²) in [5, 5.41) is 25.7. The van der Waals surface area contributed by atoms with Crippen molar-refractivity contribution in [2.45, 2.75) is 57.2 Å². The van der Waals surface area contributed by atoms with Crippen LogP contribution in [0.2, 0.25) is 0 Å². The van der Waals surface area contributed by atoms with E-state index in [-0.39, 0.29) is 0 Å². The molecule has 4 heterocycles. The molecule has 0 aromatic carbocycles. The molecule has 0 radical (unpaired) electrons. The Kier molecular flexibility index (Phi) is 4.59. The van der Waals surface area contributed by atoms with Crippen molar-refractivity contribution in [1.29, 1.82) is 5.26 Å². The lowest BCUT2D eigenvalue weighted by molar-refractivity contribution is 0.136. The van der Waals surface area contributed by atoms with Gasteiger partial charge in [0.25, 0.3) is 0 Å². The fourth-order valence-corrected chi connectivity index (χ4v) is 4.79. The lowest BCUT2D eigenvalue weighted by Gasteiger charge is -2.38. The first-order chi connectivity index (χ1) is 12.2. The Balaban J connectivity index is 1.34. The molecule has 2 bridgehead atoms. The number of fused-ring (bicyclic) bond motifs is 2. The maximum absolute atomic E-state index is 8.84. The number of piperidine rings is 1. The summed E-state index contributed by atoms with van der Waals surface area (Å²) in [5.41, 5.74) is 1.02. The van der Waals surface area contributed by atoms with Crippen LogP contribution in [0.4, 0.5) is 16.8 Å². The summed E-state index contributed by atoms with van der Waals surface area (Å²) in [6.45, 7) is 2.90. The predicted molar refractivity (Wildman–Crippen MR) is 99.1 cm³/mol. The predicted octanol–water partition coefficient (Wildman–Crippen LogP) is 3.24. The molecule has 0 aliphatic carbocycles. The number of rotatable bonds is 6. The van der Waals surface area contributed by atoms with Crippen LogP contribution in [0.15, 0.2) is 11.4 Å². The lowest BCUT2D eigenvalue weighted by Crippen LogP contribution is -2.47. The Bertz CT molecular complexity index is 747. The van der Waals surface area contributed by atoms with Gasteiger partial charge >= 0.3 is 0 Å². The van der Waals surface area contributed by atoms with E-state index >= 15 is 0 Å². The number of aromatic nitrogens is 3. The molecule has 2 aliphatic rings. The van der Waals surface area contributed by atoms with E-state index in [1.165, 1.54) is 12.8 Å². The third-order valence-electron chi connectivity index (χ3n) is 5.16. The van der Waals surface area contributed by atoms with Crippen LogP contribution in [-0.4, -0.2) is 44.8 Å². The molecule has 2 aliphatic heterocycles. The average Bonchev–Trinajstić information content (AvgIpc) is 3.26. The van der Waals surface area contributed by atoms with E-state index in [2.05, 4.69) is 42.2 Å². The van der Waals surface area contributed by atoms with E-state index in [0.717, 1.165) is 41.8 Å². The third kappa shape index (κ3) is 3.62. The van der Waals surface area contributed by atoms with E-state index < -0.39 is 0 Å². The number of nitriles is 1. The van der Waals surface area contributed by atoms with Gasteiger partial charge in [-0.25, -0.2) is 4.98 Å². The molecule has 3 atom stereocenters. The molecule has 25 heavy (non-hydrogen) atoms. The second-order valence-electron chi connectivity index (χ2n) is 6.94. The summed E-state index contributed by atoms with van der Waals surface area (Å²) >= 11 is 1.59. The van der Waals surface area contributed by atoms with Crippen molar-refractivity contribution in [3.8, 4) is 6.07 Å². The van der Waals surface area contributed by atoms with Crippen molar-refractivity contribution in [2.24, 2.45) is 0 Å². The molecule has 0 saturated carbocycles. The number of aryl methyl sites for hydroxylation is 1. The number of hydrogen-bond donors (Lipinski definition) is 3. The van der Waals surface area contributed by atoms with Gasteiger partial charge in [0.05, 0.1) is 6.07 Å². The number of H-pyrrole nitrogens is 1. The molecule has 4 rings (SSSR count). The quantitative estimate of drug-likeness (QED) is 0.735. The van der Waals surface area contributed by atoms with Crippen LogP contribution in [0, 0.1) is 18.3 Å². The average molecular weight is 357 g/mol. The number of aromatic amines is 1. The van der Waals surface area contributed by atoms with Crippen LogP contribution in [-0.2, 0) is 0 Å². The normalized spacial score (nSPS) is 25.7. The molecule has 132 valence electrons. The highest BCUT2D eigenvalue weighted by molar-refractivity contribution is 7.14. The zero-order valence-electron chi connectivity index (χ0n) is 14.3. The van der Waals surface area contributed by atoms with Crippen LogP contribution >= 0.6 is 11.3 Å². The zero-order valence-corrected chi connectivity index (χ0v) is 15.1. The van der Waals surface area contributed by atoms with Gasteiger partial charge in [0.1, 0.15) is 5.82 Å². The largest absolute Gasteiger partial charge is 0.366 e. The molecule has 0 spiro atoms. The third-order valence-corrected chi connectivity index (χ3v) is 5.92. The molecular formula is C17H23N7S. The van der Waals surface area contributed by atoms with Crippen molar-refractivity contribution in [3.05, 3.63) is 17.1 Å². The smallest absolute Gasteiger partial charge is 0.190 e. The monoisotopic (exact) mass is 357 g/mol. The molecule has 1 unspecified atom stereocenters. The Labute approximate surface area is 151 Å². The molecule has 2 fully saturated rings. The van der Waals surface area contributed by atoms with E-state index in [1.807, 2.05) is 13.0 Å². The number of anilines is 3. The molecular weight excluding hydrogens is 334 g/mol. The van der Waals surface area contributed by atoms with Crippen molar-refractivity contribution < 1.29 is 0 Å². The maximum Gasteiger partial charge on any atom is 0.190 e. The fourth-order valence-electron chi connectivity index (χ4n) is 4.13. The number of nitrogens with zero attached hydrogens (tertiary/aromatic N) is 4. The minimum Gasteiger partial charge on any atom is -0.366 e. The number of hydrogen-bond acceptors (Lipinski definition) is 7. The minimum atomic E-state index is 0.471. The first-order valence-electron chi connectivity index (χ1n) is 8.85. The van der Waals surface area contributed by atoms with E-state index in [9.17, 15) is 0 Å². The summed E-state index contributed by atoms with van der Waals surface area (Å²) in [6, 6.07) is 5.95. The molecule has 7 nitrogen and oxygen atoms in total. The molecule has 2 aromatic rings. The molecule has 2 aromatic heterocycles. The second-order valence-corrected chi connectivity index (χ2v) is 7.80. The Morgan fingerprint density at radius 2 is 2.16 bits per heavy atom. The summed E-state index contributed by atoms with van der Waals surface area (Å²) in [7, 11) is 0. The number of thiazole rings is 1. The Morgan fingerprint density at radius 1 is 1.36 bits per heavy atom. The first kappa shape index (κ1) is 16.4. The lowest BCUT2D eigenvalue weighted by atomic mass is 9.97. The van der Waals surface area contributed by atoms with Crippen LogP contribution in [0.25, 0.3) is 0 Å². The van der Waals surface area contributed by atoms with Gasteiger partial charge in [0.15, 0.2) is 10.9 Å². The van der Waals surface area contributed by atoms with Crippen LogP contribution in [0.3, 0.4) is 0 Å². The van der Waals surface area contributed by atoms with Crippen LogP contribution < -0.4 is 10.6 Å². The minimum absolute atomic E-state index is 0.471. The Hall–Kier alpha value is -2.11. The van der Waals surface area contributed by atoms with Gasteiger partial charge in [0.2, 0.25) is 0 Å². The highest BCUT2D eigenvalue weighted by Crippen LogP contribution is 2.37. The highest BCUT2D eigenvalue weighted by atomic mass is 32.1. The van der Waals surface area contributed by atoms with Crippen molar-refractivity contribution >= 4 is 28.1 Å². The van der Waals surface area contributed by atoms with Crippen molar-refractivity contribution in [2.75, 3.05) is 17.2 Å². The zero-order chi connectivity index (χ0) is 17.2. The summed E-state index contributed by atoms with van der Waals surface area (Å²) in [5.74, 6) is 1.73. The molecule has 3 N–H and O–H groups in total. The van der Waals surface area contributed by atoms with Gasteiger partial charge in [-0.1, -0.05) is 0 Å². The maximum atomic E-state index is 8.84. The number of nitrogens with one attached hydrogen (secondary N) is 3. The first-order valence-corrected chi connectivity index (χ1v) is 9.73. The van der Waals surface area contributed by atoms with Gasteiger partial charge in [-0.05, 0) is 32.6 Å². The van der Waals surface area contributed by atoms with Gasteiger partial charge in [-0.3, -0.25) is 10.00 Å². The van der Waals surface area contributed by atoms with Gasteiger partial charge in [0, 0.05) is 48.2 Å². The van der Waals surface area contributed by atoms with Crippen molar-refractivity contribution in [1.82, 2.24) is 20.1 Å². The summed E-state index contributed by atoms with van der Waals surface area (Å²) < 4.78 is 0. The van der Waals surface area contributed by atoms with E-state index in [4.69, 9.17) is 5.26 Å². The van der Waals surface area contributed by atoms with Crippen molar-refractivity contribution in [3.63, 3.8) is 0 Å². The van der Waals surface area contributed by atoms with Gasteiger partial charge in [-0.2, -0.15) is 10.4 Å². The standard InChI is InChI=1S/C17H23N7S/c1-11-7-15(23-22-11)20-17-21-16(10-25-17)19-12-8-13-3-4-14(9-12)24(13)6-2-5-18/h7,10,12-14,19H,2-4,6,8-9H2,1H3,(H2,20,21,22,23)/t12?,13-,14+. The van der Waals surface area contributed by atoms with Gasteiger partial charge in [-0.15, -0.1) is 11.3 Å². The Morgan fingerprint density at radius 3 is 2.84 bits per heavy atom. The topological polar surface area (TPSA) is 92.7 Å². The van der Waals surface area contributed by atoms with Gasteiger partial charge < -0.3 is 10.6 Å². The summed E-state index contributed by atoms with van der Waals surface area (Å²) in [4.78, 5) is 7.18. The molecule has 2 saturated heterocycles. The van der Waals surface area contributed by atoms with E-state index in [0.29, 0.717) is 24.5 Å². The van der Waals surface area contributed by atoms with E-state index in [1.54, 1.807) is 11.3 Å². The van der Waals surface area contributed by atoms with Crippen LogP contribution in [0.5, 0.6) is 0 Å². The second kappa shape index (κ2) is 7.02. The fraction of sp³-hybridized carbons (Fsp3) is 0.588. The summed E-state index contributed by atoms with van der Waals surface area (Å²) in [6.07, 6.45) is 5.44. The van der Waals surface area contributed by atoms with Crippen LogP contribution in [0.1, 0.15) is 37.8 Å².